The number of nitrogen functional groups attached to an aromatic ring is 1. The topological polar surface area (TPSA) is 92.4 Å². The molecule has 1 rings (SSSR count). The minimum Gasteiger partial charge on any atom is -0.397 e. The molecule has 0 aliphatic heterocycles. The van der Waals surface area contributed by atoms with Crippen molar-refractivity contribution in [1.29, 1.82) is 0 Å². The Bertz CT molecular complexity index is 528. The molecule has 0 aliphatic carbocycles. The highest BCUT2D eigenvalue weighted by molar-refractivity contribution is 7.99. The van der Waals surface area contributed by atoms with Gasteiger partial charge in [0, 0.05) is 17.5 Å². The standard InChI is InChI=1S/C12H20N2O3S2/c1-8(12(7-15)18-2)14-11-5-4-9(6-10(11)13)19(3,16)17/h4-6,8,12,14-15H,7,13H2,1-3H3. The molecule has 0 heterocycles. The van der Waals surface area contributed by atoms with Crippen molar-refractivity contribution in [2.75, 3.05) is 30.2 Å². The Hall–Kier alpha value is -0.920. The van der Waals surface area contributed by atoms with Crippen LogP contribution in [0.2, 0.25) is 0 Å². The number of hydrogen-bond donors (Lipinski definition) is 3. The summed E-state index contributed by atoms with van der Waals surface area (Å²) in [6.07, 6.45) is 3.07. The number of sulfone groups is 1. The molecule has 1 aromatic carbocycles. The summed E-state index contributed by atoms with van der Waals surface area (Å²) in [5.74, 6) is 0. The predicted octanol–water partition coefficient (Wildman–Crippen LogP) is 1.20. The van der Waals surface area contributed by atoms with Gasteiger partial charge in [-0.1, -0.05) is 0 Å². The first-order chi connectivity index (χ1) is 8.79. The molecule has 0 aliphatic rings. The molecule has 2 unspecified atom stereocenters. The summed E-state index contributed by atoms with van der Waals surface area (Å²) in [5, 5.41) is 12.5. The van der Waals surface area contributed by atoms with Crippen LogP contribution in [0.5, 0.6) is 0 Å². The zero-order chi connectivity index (χ0) is 14.6. The van der Waals surface area contributed by atoms with Crippen molar-refractivity contribution in [3.8, 4) is 0 Å². The molecule has 5 nitrogen and oxygen atoms in total. The lowest BCUT2D eigenvalue weighted by Crippen LogP contribution is -2.31. The van der Waals surface area contributed by atoms with E-state index in [2.05, 4.69) is 5.32 Å². The van der Waals surface area contributed by atoms with E-state index in [4.69, 9.17) is 5.73 Å². The van der Waals surface area contributed by atoms with Crippen molar-refractivity contribution in [1.82, 2.24) is 0 Å². The third-order valence-electron chi connectivity index (χ3n) is 2.87. The number of thioether (sulfide) groups is 1. The number of nitrogens with two attached hydrogens (primary N) is 1. The summed E-state index contributed by atoms with van der Waals surface area (Å²) in [6.45, 7) is 2.01. The van der Waals surface area contributed by atoms with Gasteiger partial charge in [-0.2, -0.15) is 11.8 Å². The monoisotopic (exact) mass is 304 g/mol. The predicted molar refractivity (Wildman–Crippen MR) is 81.4 cm³/mol. The number of aliphatic hydroxyl groups is 1. The molecule has 1 aromatic rings. The smallest absolute Gasteiger partial charge is 0.175 e. The maximum atomic E-state index is 11.4. The number of aliphatic hydroxyl groups excluding tert-OH is 1. The highest BCUT2D eigenvalue weighted by atomic mass is 32.2. The highest BCUT2D eigenvalue weighted by Crippen LogP contribution is 2.25. The van der Waals surface area contributed by atoms with Crippen LogP contribution >= 0.6 is 11.8 Å². The maximum Gasteiger partial charge on any atom is 0.175 e. The molecule has 19 heavy (non-hydrogen) atoms. The lowest BCUT2D eigenvalue weighted by molar-refractivity contribution is 0.288. The largest absolute Gasteiger partial charge is 0.397 e. The van der Waals surface area contributed by atoms with E-state index in [9.17, 15) is 13.5 Å². The summed E-state index contributed by atoms with van der Waals surface area (Å²) in [4.78, 5) is 0.201. The molecule has 2 atom stereocenters. The van der Waals surface area contributed by atoms with Crippen molar-refractivity contribution >= 4 is 33.0 Å². The van der Waals surface area contributed by atoms with E-state index in [0.29, 0.717) is 11.4 Å². The number of benzene rings is 1. The minimum absolute atomic E-state index is 0.0198. The summed E-state index contributed by atoms with van der Waals surface area (Å²) in [5.41, 5.74) is 6.91. The van der Waals surface area contributed by atoms with Gasteiger partial charge < -0.3 is 16.2 Å². The first-order valence-electron chi connectivity index (χ1n) is 5.79. The lowest BCUT2D eigenvalue weighted by Gasteiger charge is -2.23. The Morgan fingerprint density at radius 2 is 2.11 bits per heavy atom. The van der Waals surface area contributed by atoms with Crippen LogP contribution in [0.4, 0.5) is 11.4 Å². The van der Waals surface area contributed by atoms with E-state index in [1.165, 1.54) is 12.1 Å². The molecule has 0 radical (unpaired) electrons. The zero-order valence-electron chi connectivity index (χ0n) is 11.3. The molecule has 0 amide bonds. The highest BCUT2D eigenvalue weighted by Gasteiger charge is 2.16. The zero-order valence-corrected chi connectivity index (χ0v) is 12.9. The van der Waals surface area contributed by atoms with E-state index in [1.807, 2.05) is 13.2 Å². The summed E-state index contributed by atoms with van der Waals surface area (Å²) in [7, 11) is -3.25. The Labute approximate surface area is 118 Å². The van der Waals surface area contributed by atoms with E-state index in [1.54, 1.807) is 17.8 Å². The molecule has 7 heteroatoms. The van der Waals surface area contributed by atoms with Crippen LogP contribution < -0.4 is 11.1 Å². The molecule has 0 saturated carbocycles. The molecule has 0 spiro atoms. The fraction of sp³-hybridized carbons (Fsp3) is 0.500. The average Bonchev–Trinajstić information content (AvgIpc) is 2.32. The number of hydrogen-bond acceptors (Lipinski definition) is 6. The molecule has 0 fully saturated rings. The Kier molecular flexibility index (Phi) is 5.51. The second kappa shape index (κ2) is 6.49. The van der Waals surface area contributed by atoms with Gasteiger partial charge in [0.2, 0.25) is 0 Å². The van der Waals surface area contributed by atoms with Crippen LogP contribution in [-0.2, 0) is 9.84 Å². The van der Waals surface area contributed by atoms with E-state index in [0.717, 1.165) is 6.26 Å². The molecule has 0 aromatic heterocycles. The second-order valence-electron chi connectivity index (χ2n) is 4.41. The van der Waals surface area contributed by atoms with Crippen LogP contribution in [0, 0.1) is 0 Å². The van der Waals surface area contributed by atoms with Crippen molar-refractivity contribution in [3.05, 3.63) is 18.2 Å². The molecular weight excluding hydrogens is 284 g/mol. The summed E-state index contributed by atoms with van der Waals surface area (Å²) < 4.78 is 22.8. The fourth-order valence-electron chi connectivity index (χ4n) is 1.68. The minimum atomic E-state index is -3.25. The lowest BCUT2D eigenvalue weighted by atomic mass is 10.2. The molecule has 0 bridgehead atoms. The molecule has 108 valence electrons. The average molecular weight is 304 g/mol. The third kappa shape index (κ3) is 4.29. The molecular formula is C12H20N2O3S2. The van der Waals surface area contributed by atoms with Crippen molar-refractivity contribution in [2.45, 2.75) is 23.1 Å². The van der Waals surface area contributed by atoms with Gasteiger partial charge in [0.05, 0.1) is 22.9 Å². The third-order valence-corrected chi connectivity index (χ3v) is 5.15. The van der Waals surface area contributed by atoms with Crippen LogP contribution in [-0.4, -0.2) is 43.9 Å². The summed E-state index contributed by atoms with van der Waals surface area (Å²) in [6, 6.07) is 4.63. The number of anilines is 2. The van der Waals surface area contributed by atoms with Gasteiger partial charge in [-0.25, -0.2) is 8.42 Å². The van der Waals surface area contributed by atoms with Crippen LogP contribution in [0.3, 0.4) is 0 Å². The van der Waals surface area contributed by atoms with Gasteiger partial charge in [0.1, 0.15) is 0 Å². The quantitative estimate of drug-likeness (QED) is 0.684. The van der Waals surface area contributed by atoms with Gasteiger partial charge in [0.25, 0.3) is 0 Å². The van der Waals surface area contributed by atoms with E-state index >= 15 is 0 Å². The number of nitrogens with one attached hydrogen (secondary N) is 1. The van der Waals surface area contributed by atoms with Crippen molar-refractivity contribution in [3.63, 3.8) is 0 Å². The second-order valence-corrected chi connectivity index (χ2v) is 7.50. The Morgan fingerprint density at radius 1 is 1.47 bits per heavy atom. The molecule has 0 saturated heterocycles. The summed E-state index contributed by atoms with van der Waals surface area (Å²) >= 11 is 1.56. The van der Waals surface area contributed by atoms with Gasteiger partial charge >= 0.3 is 0 Å². The maximum absolute atomic E-state index is 11.4. The van der Waals surface area contributed by atoms with Crippen LogP contribution in [0.25, 0.3) is 0 Å². The van der Waals surface area contributed by atoms with E-state index in [-0.39, 0.29) is 22.8 Å². The molecule has 4 N–H and O–H groups in total. The number of rotatable bonds is 6. The fourth-order valence-corrected chi connectivity index (χ4v) is 2.96. The van der Waals surface area contributed by atoms with Crippen LogP contribution in [0.15, 0.2) is 23.1 Å². The Balaban J connectivity index is 2.92. The van der Waals surface area contributed by atoms with Crippen molar-refractivity contribution < 1.29 is 13.5 Å². The van der Waals surface area contributed by atoms with Crippen LogP contribution in [0.1, 0.15) is 6.92 Å². The van der Waals surface area contributed by atoms with Crippen molar-refractivity contribution in [2.24, 2.45) is 0 Å². The van der Waals surface area contributed by atoms with E-state index < -0.39 is 9.84 Å². The van der Waals surface area contributed by atoms with Gasteiger partial charge in [-0.05, 0) is 31.4 Å². The van der Waals surface area contributed by atoms with Gasteiger partial charge in [-0.3, -0.25) is 0 Å². The normalized spacial score (nSPS) is 14.9. The van der Waals surface area contributed by atoms with Gasteiger partial charge in [-0.15, -0.1) is 0 Å². The Morgan fingerprint density at radius 3 is 2.53 bits per heavy atom. The first-order valence-corrected chi connectivity index (χ1v) is 8.97. The van der Waals surface area contributed by atoms with Gasteiger partial charge in [0.15, 0.2) is 9.84 Å². The SMILES string of the molecule is CSC(CO)C(C)Nc1ccc(S(C)(=O)=O)cc1N. The first kappa shape index (κ1) is 16.1.